The maximum absolute atomic E-state index is 14.2. The minimum absolute atomic E-state index is 0.216. The van der Waals surface area contributed by atoms with Crippen LogP contribution in [0, 0.1) is 5.82 Å². The number of carbonyl (C=O) groups excluding carboxylic acids is 1. The van der Waals surface area contributed by atoms with Gasteiger partial charge in [0.2, 0.25) is 5.16 Å². The molecule has 0 radical (unpaired) electrons. The molecule has 2 aliphatic heterocycles. The molecule has 0 saturated carbocycles. The molecule has 7 nitrogen and oxygen atoms in total. The van der Waals surface area contributed by atoms with Gasteiger partial charge in [-0.15, -0.1) is 0 Å². The van der Waals surface area contributed by atoms with Crippen molar-refractivity contribution in [2.24, 2.45) is 0 Å². The van der Waals surface area contributed by atoms with Crippen molar-refractivity contribution in [3.8, 4) is 11.3 Å². The number of H-pyrrole nitrogens is 1. The number of fused-ring (bicyclic) bond motifs is 6. The molecule has 0 saturated heterocycles. The molecule has 29 heavy (non-hydrogen) atoms. The fraction of sp³-hybridized carbons (Fsp3) is 0.158. The van der Waals surface area contributed by atoms with Crippen LogP contribution in [0.2, 0.25) is 0 Å². The number of thioether (sulfide) groups is 1. The minimum atomic E-state index is -1.58. The van der Waals surface area contributed by atoms with Gasteiger partial charge in [0.15, 0.2) is 0 Å². The van der Waals surface area contributed by atoms with E-state index in [-0.39, 0.29) is 11.3 Å². The first kappa shape index (κ1) is 18.3. The van der Waals surface area contributed by atoms with E-state index in [4.69, 9.17) is 0 Å². The summed E-state index contributed by atoms with van der Waals surface area (Å²) in [6.07, 6.45) is 0. The maximum Gasteiger partial charge on any atom is 0.374 e. The Kier molecular flexibility index (Phi) is 4.04. The van der Waals surface area contributed by atoms with Gasteiger partial charge in [-0.1, -0.05) is 34.6 Å². The standard InChI is InChI=1S/C19H13BrFN5O2S/c1-2-29-18-23-16(27)15-11-7-9(20)3-5-13(11)24-19(26(15)25-18)12-8-10(21)4-6-14(12)22-17(19)28/h3-8H,2H2,1H3,(H2,22,23,25,27,28)/p+1/t19-/m1/s1. The first-order valence-electron chi connectivity index (χ1n) is 8.83. The minimum Gasteiger partial charge on any atom is -0.317 e. The van der Waals surface area contributed by atoms with E-state index < -0.39 is 17.4 Å². The van der Waals surface area contributed by atoms with Gasteiger partial charge in [-0.05, 0) is 46.8 Å². The van der Waals surface area contributed by atoms with Crippen molar-refractivity contribution < 1.29 is 13.9 Å². The second kappa shape index (κ2) is 6.39. The van der Waals surface area contributed by atoms with Crippen LogP contribution < -0.4 is 20.9 Å². The summed E-state index contributed by atoms with van der Waals surface area (Å²) in [6.45, 7) is 1.93. The van der Waals surface area contributed by atoms with Gasteiger partial charge in [0.1, 0.15) is 5.82 Å². The SMILES string of the molecule is CCSc1n[n+]2c(c(=O)[nH]1)-c1cc(Br)ccc1N[C@@]21C(=O)Nc2ccc(F)cc21. The highest BCUT2D eigenvalue weighted by Gasteiger charge is 2.62. The van der Waals surface area contributed by atoms with E-state index >= 15 is 0 Å². The molecule has 1 atom stereocenters. The number of anilines is 2. The van der Waals surface area contributed by atoms with E-state index in [2.05, 4.69) is 36.6 Å². The van der Waals surface area contributed by atoms with E-state index in [1.807, 2.05) is 6.92 Å². The fourth-order valence-electron chi connectivity index (χ4n) is 3.76. The van der Waals surface area contributed by atoms with Crippen molar-refractivity contribution in [1.29, 1.82) is 0 Å². The Morgan fingerprint density at radius 2 is 2.00 bits per heavy atom. The zero-order chi connectivity index (χ0) is 20.3. The van der Waals surface area contributed by atoms with E-state index in [1.54, 1.807) is 18.2 Å². The summed E-state index contributed by atoms with van der Waals surface area (Å²) in [7, 11) is 0. The van der Waals surface area contributed by atoms with Crippen LogP contribution in [0.15, 0.2) is 50.8 Å². The number of carbonyl (C=O) groups is 1. The van der Waals surface area contributed by atoms with Crippen molar-refractivity contribution in [1.82, 2.24) is 10.1 Å². The molecule has 146 valence electrons. The number of hydrogen-bond donors (Lipinski definition) is 3. The predicted molar refractivity (Wildman–Crippen MR) is 110 cm³/mol. The van der Waals surface area contributed by atoms with Crippen molar-refractivity contribution in [2.45, 2.75) is 17.7 Å². The number of nitrogens with zero attached hydrogens (tertiary/aromatic N) is 2. The molecule has 1 amide bonds. The lowest BCUT2D eigenvalue weighted by atomic mass is 9.95. The average molecular weight is 475 g/mol. The number of aromatic amines is 1. The quantitative estimate of drug-likeness (QED) is 0.392. The molecular weight excluding hydrogens is 461 g/mol. The second-order valence-electron chi connectivity index (χ2n) is 6.62. The molecule has 5 rings (SSSR count). The number of amides is 1. The van der Waals surface area contributed by atoms with Crippen LogP contribution in [0.5, 0.6) is 0 Å². The molecule has 3 heterocycles. The van der Waals surface area contributed by atoms with Gasteiger partial charge in [0.25, 0.3) is 0 Å². The number of halogens is 2. The summed E-state index contributed by atoms with van der Waals surface area (Å²) < 4.78 is 16.3. The summed E-state index contributed by atoms with van der Waals surface area (Å²) in [5.74, 6) is -0.246. The topological polar surface area (TPSA) is 90.8 Å². The molecule has 0 unspecified atom stereocenters. The van der Waals surface area contributed by atoms with Crippen LogP contribution in [0.1, 0.15) is 12.5 Å². The number of rotatable bonds is 2. The highest BCUT2D eigenvalue weighted by Crippen LogP contribution is 2.42. The van der Waals surface area contributed by atoms with Crippen LogP contribution in [0.4, 0.5) is 15.8 Å². The number of nitrogens with one attached hydrogen (secondary N) is 3. The fourth-order valence-corrected chi connectivity index (χ4v) is 4.70. The van der Waals surface area contributed by atoms with Gasteiger partial charge in [-0.25, -0.2) is 4.39 Å². The summed E-state index contributed by atoms with van der Waals surface area (Å²) in [6, 6.07) is 9.42. The predicted octanol–water partition coefficient (Wildman–Crippen LogP) is 2.82. The monoisotopic (exact) mass is 474 g/mol. The summed E-state index contributed by atoms with van der Waals surface area (Å²) in [5.41, 5.74) is 0.252. The van der Waals surface area contributed by atoms with Crippen LogP contribution in [-0.4, -0.2) is 21.7 Å². The third kappa shape index (κ3) is 2.55. The van der Waals surface area contributed by atoms with Crippen LogP contribution in [-0.2, 0) is 10.5 Å². The lowest BCUT2D eigenvalue weighted by Gasteiger charge is -2.28. The van der Waals surface area contributed by atoms with Crippen molar-refractivity contribution >= 4 is 45.0 Å². The molecule has 3 N–H and O–H groups in total. The van der Waals surface area contributed by atoms with Gasteiger partial charge in [0.05, 0.1) is 22.5 Å². The molecule has 0 fully saturated rings. The molecule has 2 aromatic carbocycles. The Morgan fingerprint density at radius 1 is 1.21 bits per heavy atom. The number of aromatic nitrogens is 3. The van der Waals surface area contributed by atoms with Crippen molar-refractivity contribution in [3.63, 3.8) is 0 Å². The molecule has 0 bridgehead atoms. The van der Waals surface area contributed by atoms with Gasteiger partial charge < -0.3 is 10.6 Å². The summed E-state index contributed by atoms with van der Waals surface area (Å²) in [5, 5.41) is 10.9. The van der Waals surface area contributed by atoms with E-state index in [0.717, 1.165) is 4.47 Å². The Morgan fingerprint density at radius 3 is 2.79 bits per heavy atom. The molecule has 10 heteroatoms. The largest absolute Gasteiger partial charge is 0.374 e. The first-order chi connectivity index (χ1) is 13.9. The van der Waals surface area contributed by atoms with E-state index in [9.17, 15) is 14.0 Å². The molecule has 1 spiro atoms. The zero-order valence-electron chi connectivity index (χ0n) is 15.0. The third-order valence-corrected chi connectivity index (χ3v) is 6.18. The zero-order valence-corrected chi connectivity index (χ0v) is 17.4. The molecule has 0 aliphatic carbocycles. The number of benzene rings is 2. The smallest absolute Gasteiger partial charge is 0.317 e. The third-order valence-electron chi connectivity index (χ3n) is 4.94. The van der Waals surface area contributed by atoms with E-state index in [1.165, 1.54) is 34.6 Å². The van der Waals surface area contributed by atoms with Gasteiger partial charge >= 0.3 is 22.8 Å². The second-order valence-corrected chi connectivity index (χ2v) is 8.79. The maximum atomic E-state index is 14.2. The lowest BCUT2D eigenvalue weighted by Crippen LogP contribution is -2.71. The average Bonchev–Trinajstić information content (AvgIpc) is 2.94. The molecular formula is C19H14BrFN5O2S+. The van der Waals surface area contributed by atoms with Crippen LogP contribution in [0.3, 0.4) is 0 Å². The highest BCUT2D eigenvalue weighted by molar-refractivity contribution is 9.10. The van der Waals surface area contributed by atoms with Crippen molar-refractivity contribution in [3.05, 3.63) is 62.6 Å². The molecule has 2 aliphatic rings. The van der Waals surface area contributed by atoms with Crippen molar-refractivity contribution in [2.75, 3.05) is 16.4 Å². The van der Waals surface area contributed by atoms with Gasteiger partial charge in [-0.2, -0.15) is 0 Å². The van der Waals surface area contributed by atoms with Crippen LogP contribution >= 0.6 is 27.7 Å². The molecule has 1 aromatic heterocycles. The van der Waals surface area contributed by atoms with Gasteiger partial charge in [-0.3, -0.25) is 14.6 Å². The Hall–Kier alpha value is -2.72. The first-order valence-corrected chi connectivity index (χ1v) is 10.6. The Labute approximate surface area is 176 Å². The Balaban J connectivity index is 1.90. The lowest BCUT2D eigenvalue weighted by molar-refractivity contribution is -0.781. The highest BCUT2D eigenvalue weighted by atomic mass is 79.9. The molecule has 3 aromatic rings. The summed E-state index contributed by atoms with van der Waals surface area (Å²) >= 11 is 4.77. The summed E-state index contributed by atoms with van der Waals surface area (Å²) in [4.78, 5) is 29.1. The Bertz CT molecular complexity index is 1260. The number of hydrogen-bond acceptors (Lipinski definition) is 5. The van der Waals surface area contributed by atoms with E-state index in [0.29, 0.717) is 33.4 Å². The van der Waals surface area contributed by atoms with Gasteiger partial charge in [0, 0.05) is 9.57 Å². The normalized spacial score (nSPS) is 18.7. The van der Waals surface area contributed by atoms with Crippen LogP contribution in [0.25, 0.3) is 11.3 Å².